The molecule has 1 unspecified atom stereocenters. The lowest BCUT2D eigenvalue weighted by atomic mass is 9.80. The zero-order valence-corrected chi connectivity index (χ0v) is 27.8. The Hall–Kier alpha value is -3.02. The summed E-state index contributed by atoms with van der Waals surface area (Å²) in [5.41, 5.74) is 5.58. The first-order valence-corrected chi connectivity index (χ1v) is 18.0. The Morgan fingerprint density at radius 2 is 1.52 bits per heavy atom. The third-order valence-corrected chi connectivity index (χ3v) is 10.4. The zero-order chi connectivity index (χ0) is 32.2. The standard InChI is InChI=1S/C33H37ClN2O6S2/c1-22-18-23(14-16-29-32(2,3)25-10-6-8-12-27(25)35(29)20-43(37,38)39)31(34)24(19-22)15-17-30-33(4,5)26-11-7-9-13-28(26)36(30)21-44(40,41)42/h6-17,22H,18-21H2,1-5H3,(H-,37,38,39,40,41,42)/p+1. The highest BCUT2D eigenvalue weighted by molar-refractivity contribution is 7.86. The number of fused-ring (bicyclic) bond motifs is 2. The van der Waals surface area contributed by atoms with E-state index in [1.54, 1.807) is 9.48 Å². The number of hydrogen-bond acceptors (Lipinski definition) is 5. The second-order valence-electron chi connectivity index (χ2n) is 12.9. The molecule has 0 bridgehead atoms. The fourth-order valence-corrected chi connectivity index (χ4v) is 8.23. The number of benzene rings is 2. The molecule has 2 N–H and O–H groups in total. The van der Waals surface area contributed by atoms with Crippen LogP contribution in [0.1, 0.15) is 58.6 Å². The molecule has 11 heteroatoms. The molecule has 8 nitrogen and oxygen atoms in total. The van der Waals surface area contributed by atoms with Crippen molar-refractivity contribution < 1.29 is 30.5 Å². The Bertz CT molecular complexity index is 1900. The summed E-state index contributed by atoms with van der Waals surface area (Å²) < 4.78 is 69.0. The highest BCUT2D eigenvalue weighted by Crippen LogP contribution is 2.48. The number of anilines is 1. The lowest BCUT2D eigenvalue weighted by molar-refractivity contribution is -0.416. The van der Waals surface area contributed by atoms with Gasteiger partial charge < -0.3 is 4.90 Å². The minimum atomic E-state index is -4.31. The molecule has 0 aromatic heterocycles. The van der Waals surface area contributed by atoms with Gasteiger partial charge >= 0.3 is 10.1 Å². The van der Waals surface area contributed by atoms with E-state index in [9.17, 15) is 25.9 Å². The molecule has 0 saturated carbocycles. The molecule has 2 heterocycles. The van der Waals surface area contributed by atoms with Crippen molar-refractivity contribution in [3.05, 3.63) is 106 Å². The van der Waals surface area contributed by atoms with Gasteiger partial charge in [-0.2, -0.15) is 21.4 Å². The largest absolute Gasteiger partial charge is 0.327 e. The van der Waals surface area contributed by atoms with Gasteiger partial charge in [0.1, 0.15) is 0 Å². The maximum Gasteiger partial charge on any atom is 0.326 e. The molecule has 0 saturated heterocycles. The first kappa shape index (κ1) is 32.4. The molecule has 2 aromatic rings. The number of rotatable bonds is 7. The number of nitrogens with zero attached hydrogens (tertiary/aromatic N) is 2. The lowest BCUT2D eigenvalue weighted by Crippen LogP contribution is -2.30. The van der Waals surface area contributed by atoms with Gasteiger partial charge in [0, 0.05) is 39.5 Å². The van der Waals surface area contributed by atoms with E-state index in [1.165, 1.54) is 0 Å². The molecule has 1 aliphatic carbocycles. The maximum absolute atomic E-state index is 12.0. The minimum Gasteiger partial charge on any atom is -0.327 e. The molecule has 2 aromatic carbocycles. The van der Waals surface area contributed by atoms with Gasteiger partial charge in [-0.1, -0.05) is 80.9 Å². The third kappa shape index (κ3) is 6.23. The van der Waals surface area contributed by atoms with Crippen LogP contribution < -0.4 is 4.90 Å². The second kappa shape index (κ2) is 11.4. The molecule has 234 valence electrons. The van der Waals surface area contributed by atoms with Gasteiger partial charge in [-0.3, -0.25) is 9.11 Å². The minimum absolute atomic E-state index is 0.261. The summed E-state index contributed by atoms with van der Waals surface area (Å²) in [7, 11) is -8.61. The van der Waals surface area contributed by atoms with E-state index >= 15 is 0 Å². The Morgan fingerprint density at radius 3 is 2.18 bits per heavy atom. The van der Waals surface area contributed by atoms with E-state index in [4.69, 9.17) is 11.6 Å². The predicted molar refractivity (Wildman–Crippen MR) is 176 cm³/mol. The van der Waals surface area contributed by atoms with Gasteiger partial charge in [-0.25, -0.2) is 0 Å². The van der Waals surface area contributed by atoms with E-state index in [0.717, 1.165) is 45.1 Å². The molecule has 44 heavy (non-hydrogen) atoms. The van der Waals surface area contributed by atoms with Gasteiger partial charge in [0.05, 0.1) is 5.41 Å². The molecule has 5 rings (SSSR count). The topological polar surface area (TPSA) is 115 Å². The summed E-state index contributed by atoms with van der Waals surface area (Å²) in [4.78, 5) is 1.63. The highest BCUT2D eigenvalue weighted by Gasteiger charge is 2.45. The summed E-state index contributed by atoms with van der Waals surface area (Å²) in [6.45, 7) is 10.2. The second-order valence-corrected chi connectivity index (χ2v) is 16.1. The van der Waals surface area contributed by atoms with Crippen LogP contribution in [0, 0.1) is 5.92 Å². The Morgan fingerprint density at radius 1 is 0.886 bits per heavy atom. The molecule has 0 amide bonds. The van der Waals surface area contributed by atoms with Crippen LogP contribution in [0.4, 0.5) is 11.4 Å². The summed E-state index contributed by atoms with van der Waals surface area (Å²) >= 11 is 7.01. The van der Waals surface area contributed by atoms with Crippen LogP contribution in [0.2, 0.25) is 0 Å². The van der Waals surface area contributed by atoms with Crippen molar-refractivity contribution in [2.45, 2.75) is 58.3 Å². The van der Waals surface area contributed by atoms with E-state index in [0.29, 0.717) is 17.9 Å². The molecule has 0 spiro atoms. The summed E-state index contributed by atoms with van der Waals surface area (Å²) in [6, 6.07) is 15.1. The van der Waals surface area contributed by atoms with Crippen LogP contribution in [0.5, 0.6) is 0 Å². The average molecular weight is 658 g/mol. The molecule has 3 aliphatic rings. The van der Waals surface area contributed by atoms with Gasteiger partial charge in [0.2, 0.25) is 5.69 Å². The number of halogens is 1. The van der Waals surface area contributed by atoms with Crippen molar-refractivity contribution >= 4 is 48.9 Å². The normalized spacial score (nSPS) is 23.3. The van der Waals surface area contributed by atoms with Gasteiger partial charge in [-0.15, -0.1) is 0 Å². The van der Waals surface area contributed by atoms with Crippen molar-refractivity contribution in [3.63, 3.8) is 0 Å². The maximum atomic E-state index is 12.0. The van der Waals surface area contributed by atoms with Crippen molar-refractivity contribution in [2.24, 2.45) is 5.92 Å². The van der Waals surface area contributed by atoms with Crippen LogP contribution >= 0.6 is 11.6 Å². The van der Waals surface area contributed by atoms with E-state index < -0.39 is 42.8 Å². The lowest BCUT2D eigenvalue weighted by Gasteiger charge is -2.27. The van der Waals surface area contributed by atoms with Crippen LogP contribution in [0.15, 0.2) is 94.7 Å². The molecule has 0 fully saturated rings. The molecule has 0 radical (unpaired) electrons. The summed E-state index contributed by atoms with van der Waals surface area (Å²) in [6.07, 6.45) is 9.07. The molecule has 2 aliphatic heterocycles. The first-order chi connectivity index (χ1) is 20.4. The van der Waals surface area contributed by atoms with Crippen LogP contribution in [-0.4, -0.2) is 48.0 Å². The van der Waals surface area contributed by atoms with E-state index in [1.807, 2.05) is 101 Å². The van der Waals surface area contributed by atoms with Crippen LogP contribution in [0.25, 0.3) is 0 Å². The van der Waals surface area contributed by atoms with Crippen molar-refractivity contribution in [1.29, 1.82) is 0 Å². The zero-order valence-electron chi connectivity index (χ0n) is 25.5. The fraction of sp³-hybridized carbons (Fsp3) is 0.364. The number of allylic oxidation sites excluding steroid dienone is 8. The van der Waals surface area contributed by atoms with Crippen molar-refractivity contribution in [2.75, 3.05) is 16.7 Å². The number of para-hydroxylation sites is 2. The quantitative estimate of drug-likeness (QED) is 0.247. The van der Waals surface area contributed by atoms with Crippen molar-refractivity contribution in [1.82, 2.24) is 0 Å². The van der Waals surface area contributed by atoms with Gasteiger partial charge in [0.25, 0.3) is 16.0 Å². The summed E-state index contributed by atoms with van der Waals surface area (Å²) in [5, 5.41) is 0.584. The Balaban J connectivity index is 1.56. The smallest absolute Gasteiger partial charge is 0.326 e. The van der Waals surface area contributed by atoms with Crippen LogP contribution in [-0.2, 0) is 31.1 Å². The first-order valence-electron chi connectivity index (χ1n) is 14.4. The molecular formula is C33H38ClN2O6S2+. The highest BCUT2D eigenvalue weighted by atomic mass is 35.5. The Kier molecular flexibility index (Phi) is 8.39. The van der Waals surface area contributed by atoms with Gasteiger partial charge in [0.15, 0.2) is 11.6 Å². The monoisotopic (exact) mass is 657 g/mol. The van der Waals surface area contributed by atoms with Crippen molar-refractivity contribution in [3.8, 4) is 0 Å². The number of hydrogen-bond donors (Lipinski definition) is 2. The SMILES string of the molecule is CC1CC(=C/C=C2\N(CS(=O)(=O)O)c3ccccc3C2(C)C)C(Cl)=C(/C=C/C2=[N+](CS(=O)(=O)O)c3ccccc3C2(C)C)C1. The fourth-order valence-electron chi connectivity index (χ4n) is 6.74. The summed E-state index contributed by atoms with van der Waals surface area (Å²) in [5.74, 6) is -0.863. The van der Waals surface area contributed by atoms with E-state index in [2.05, 4.69) is 6.92 Å². The average Bonchev–Trinajstić information content (AvgIpc) is 3.25. The Labute approximate surface area is 265 Å². The van der Waals surface area contributed by atoms with Gasteiger partial charge in [-0.05, 0) is 61.5 Å². The molecule has 1 atom stereocenters. The van der Waals surface area contributed by atoms with Crippen LogP contribution in [0.3, 0.4) is 0 Å². The third-order valence-electron chi connectivity index (χ3n) is 8.77. The molecular weight excluding hydrogens is 620 g/mol. The van der Waals surface area contributed by atoms with E-state index in [-0.39, 0.29) is 5.92 Å². The predicted octanol–water partition coefficient (Wildman–Crippen LogP) is 6.84.